The Bertz CT molecular complexity index is 2700. The predicted octanol–water partition coefficient (Wildman–Crippen LogP) is 23.6. The van der Waals surface area contributed by atoms with Crippen LogP contribution in [0.3, 0.4) is 0 Å². The quantitative estimate of drug-likeness (QED) is 0.0371. The van der Waals surface area contributed by atoms with Crippen molar-refractivity contribution in [2.24, 2.45) is 0 Å². The normalized spacial score (nSPS) is 14.4. The van der Waals surface area contributed by atoms with Crippen molar-refractivity contribution in [3.05, 3.63) is 144 Å². The Kier molecular flexibility index (Phi) is 19.4. The number of aromatic nitrogens is 1. The van der Waals surface area contributed by atoms with E-state index in [-0.39, 0.29) is 10.8 Å². The number of benzene rings is 6. The molecule has 0 bridgehead atoms. The predicted molar refractivity (Wildman–Crippen MR) is 330 cm³/mol. The van der Waals surface area contributed by atoms with Gasteiger partial charge in [-0.2, -0.15) is 0 Å². The molecule has 0 N–H and O–H groups in total. The Morgan fingerprint density at radius 2 is 0.627 bits per heavy atom. The van der Waals surface area contributed by atoms with Gasteiger partial charge in [0.1, 0.15) is 0 Å². The Morgan fingerprint density at radius 1 is 0.320 bits per heavy atom. The van der Waals surface area contributed by atoms with Crippen LogP contribution in [0.2, 0.25) is 0 Å². The van der Waals surface area contributed by atoms with Crippen LogP contribution in [0.25, 0.3) is 66.3 Å². The molecule has 1 atom stereocenters. The molecule has 1 heteroatoms. The molecular formula is C74H97N. The first-order valence-corrected chi connectivity index (χ1v) is 31.5. The third kappa shape index (κ3) is 11.7. The smallest absolute Gasteiger partial charge is 0.0494 e. The van der Waals surface area contributed by atoms with E-state index in [4.69, 9.17) is 0 Å². The van der Waals surface area contributed by atoms with Gasteiger partial charge < -0.3 is 4.57 Å². The molecule has 0 saturated carbocycles. The molecule has 2 aliphatic carbocycles. The Hall–Kier alpha value is -4.88. The highest BCUT2D eigenvalue weighted by Crippen LogP contribution is 2.57. The molecule has 1 aromatic heterocycles. The number of hydrogen-bond acceptors (Lipinski definition) is 0. The lowest BCUT2D eigenvalue weighted by Gasteiger charge is -2.33. The van der Waals surface area contributed by atoms with Crippen LogP contribution in [0.4, 0.5) is 0 Å². The highest BCUT2D eigenvalue weighted by molar-refractivity contribution is 6.11. The molecule has 0 aliphatic heterocycles. The molecule has 6 aromatic carbocycles. The Labute approximate surface area is 456 Å². The van der Waals surface area contributed by atoms with E-state index in [0.717, 1.165) is 6.42 Å². The van der Waals surface area contributed by atoms with Crippen LogP contribution >= 0.6 is 0 Å². The molecule has 9 rings (SSSR count). The summed E-state index contributed by atoms with van der Waals surface area (Å²) in [5.74, 6) is 0. The van der Waals surface area contributed by atoms with Crippen LogP contribution in [-0.2, 0) is 10.8 Å². The lowest BCUT2D eigenvalue weighted by atomic mass is 9.70. The summed E-state index contributed by atoms with van der Waals surface area (Å²) in [4.78, 5) is 0. The van der Waals surface area contributed by atoms with E-state index in [1.54, 1.807) is 22.3 Å². The molecular weight excluding hydrogens is 903 g/mol. The van der Waals surface area contributed by atoms with Gasteiger partial charge in [0.15, 0.2) is 0 Å². The number of hydrogen-bond donors (Lipinski definition) is 0. The minimum Gasteiger partial charge on any atom is -0.338 e. The maximum Gasteiger partial charge on any atom is 0.0494 e. The summed E-state index contributed by atoms with van der Waals surface area (Å²) in [5.41, 5.74) is 20.6. The topological polar surface area (TPSA) is 4.93 Å². The van der Waals surface area contributed by atoms with Gasteiger partial charge in [0, 0.05) is 38.7 Å². The molecule has 1 heterocycles. The molecule has 2 aliphatic rings. The number of nitrogens with zero attached hydrogens (tertiary/aromatic N) is 1. The zero-order valence-electron chi connectivity index (χ0n) is 48.1. The van der Waals surface area contributed by atoms with Crippen LogP contribution in [0, 0.1) is 0 Å². The zero-order chi connectivity index (χ0) is 52.0. The second kappa shape index (κ2) is 26.4. The monoisotopic (exact) mass is 1000 g/mol. The van der Waals surface area contributed by atoms with Crippen molar-refractivity contribution in [1.82, 2.24) is 4.57 Å². The first-order chi connectivity index (χ1) is 36.9. The molecule has 0 fully saturated rings. The van der Waals surface area contributed by atoms with E-state index < -0.39 is 0 Å². The van der Waals surface area contributed by atoms with E-state index in [2.05, 4.69) is 167 Å². The van der Waals surface area contributed by atoms with Gasteiger partial charge in [0.2, 0.25) is 0 Å². The number of unbranched alkanes of at least 4 members (excludes halogenated alkanes) is 20. The second-order valence-corrected chi connectivity index (χ2v) is 23.9. The van der Waals surface area contributed by atoms with E-state index in [9.17, 15) is 0 Å². The van der Waals surface area contributed by atoms with Gasteiger partial charge in [-0.1, -0.05) is 274 Å². The van der Waals surface area contributed by atoms with Gasteiger partial charge >= 0.3 is 0 Å². The average molecular weight is 1000 g/mol. The van der Waals surface area contributed by atoms with Crippen LogP contribution in [0.1, 0.15) is 256 Å². The summed E-state index contributed by atoms with van der Waals surface area (Å²) in [7, 11) is 0. The zero-order valence-corrected chi connectivity index (χ0v) is 48.1. The highest BCUT2D eigenvalue weighted by atomic mass is 15.0. The average Bonchev–Trinajstić information content (AvgIpc) is 4.10. The summed E-state index contributed by atoms with van der Waals surface area (Å²) >= 11 is 0. The van der Waals surface area contributed by atoms with Crippen molar-refractivity contribution < 1.29 is 0 Å². The highest BCUT2D eigenvalue weighted by Gasteiger charge is 2.43. The second-order valence-electron chi connectivity index (χ2n) is 23.9. The van der Waals surface area contributed by atoms with Gasteiger partial charge in [0.25, 0.3) is 0 Å². The summed E-state index contributed by atoms with van der Waals surface area (Å²) in [6, 6.07) is 49.6. The first-order valence-electron chi connectivity index (χ1n) is 31.5. The van der Waals surface area contributed by atoms with E-state index in [1.807, 2.05) is 0 Å². The van der Waals surface area contributed by atoms with Crippen molar-refractivity contribution in [3.63, 3.8) is 0 Å². The SMILES string of the molecule is CCCCCCCCC1(CCCCCCCC)c2ccccc2-c2ccc(-c3ccc4c(c3)c3cc(-c5ccc6c(c5)C(CCCCCCCC)(CCCCCCCC)c5ccccc5-6)ccc3n4C(C)CC)cc21. The Balaban J connectivity index is 1.10. The van der Waals surface area contributed by atoms with Crippen molar-refractivity contribution >= 4 is 21.8 Å². The van der Waals surface area contributed by atoms with Gasteiger partial charge in [-0.15, -0.1) is 0 Å². The standard InChI is InChI=1S/C74H97N/c1-7-12-16-20-24-32-48-73(49-33-25-21-17-13-8-2)67-38-30-28-36-61(67)63-44-40-59(54-69(63)73)57-42-46-71-65(52-57)66-53-58(43-47-72(66)75(71)56(6)11-5)60-41-45-64-62-37-29-31-39-68(62)74(70(64)55-60,50-34-26-22-18-14-9-3)51-35-27-23-19-15-10-4/h28-31,36-47,52-56H,7-27,32-35,48-51H2,1-6H3. The molecule has 1 nitrogen and oxygen atoms in total. The summed E-state index contributed by atoms with van der Waals surface area (Å²) in [6.07, 6.45) is 38.3. The molecule has 0 saturated heterocycles. The van der Waals surface area contributed by atoms with Gasteiger partial charge in [-0.3, -0.25) is 0 Å². The van der Waals surface area contributed by atoms with Crippen molar-refractivity contribution in [3.8, 4) is 44.5 Å². The maximum atomic E-state index is 2.66. The molecule has 1 unspecified atom stereocenters. The van der Waals surface area contributed by atoms with Crippen LogP contribution in [0.15, 0.2) is 121 Å². The van der Waals surface area contributed by atoms with Crippen LogP contribution in [0.5, 0.6) is 0 Å². The van der Waals surface area contributed by atoms with Crippen molar-refractivity contribution in [2.75, 3.05) is 0 Å². The van der Waals surface area contributed by atoms with Gasteiger partial charge in [-0.05, 0) is 142 Å². The van der Waals surface area contributed by atoms with Crippen molar-refractivity contribution in [2.45, 2.75) is 245 Å². The number of rotatable bonds is 32. The maximum absolute atomic E-state index is 2.66. The van der Waals surface area contributed by atoms with Crippen molar-refractivity contribution in [1.29, 1.82) is 0 Å². The van der Waals surface area contributed by atoms with E-state index in [0.29, 0.717) is 6.04 Å². The lowest BCUT2D eigenvalue weighted by molar-refractivity contribution is 0.398. The van der Waals surface area contributed by atoms with Gasteiger partial charge in [-0.25, -0.2) is 0 Å². The largest absolute Gasteiger partial charge is 0.338 e. The van der Waals surface area contributed by atoms with Crippen LogP contribution in [-0.4, -0.2) is 4.57 Å². The summed E-state index contributed by atoms with van der Waals surface area (Å²) < 4.78 is 2.65. The third-order valence-electron chi connectivity index (χ3n) is 18.9. The fourth-order valence-electron chi connectivity index (χ4n) is 14.5. The lowest BCUT2D eigenvalue weighted by Crippen LogP contribution is -2.25. The van der Waals surface area contributed by atoms with Gasteiger partial charge in [0.05, 0.1) is 0 Å². The minimum atomic E-state index is 0.0706. The molecule has 0 radical (unpaired) electrons. The molecule has 398 valence electrons. The fourth-order valence-corrected chi connectivity index (χ4v) is 14.5. The van der Waals surface area contributed by atoms with E-state index >= 15 is 0 Å². The molecule has 0 amide bonds. The van der Waals surface area contributed by atoms with Crippen LogP contribution < -0.4 is 0 Å². The molecule has 0 spiro atoms. The number of fused-ring (bicyclic) bond motifs is 9. The Morgan fingerprint density at radius 3 is 0.987 bits per heavy atom. The first kappa shape index (κ1) is 54.9. The molecule has 7 aromatic rings. The third-order valence-corrected chi connectivity index (χ3v) is 18.9. The fraction of sp³-hybridized carbons (Fsp3) is 0.514. The summed E-state index contributed by atoms with van der Waals surface area (Å²) in [5, 5.41) is 2.76. The van der Waals surface area contributed by atoms with E-state index in [1.165, 1.54) is 246 Å². The minimum absolute atomic E-state index is 0.0706. The molecule has 75 heavy (non-hydrogen) atoms. The summed E-state index contributed by atoms with van der Waals surface area (Å²) in [6.45, 7) is 14.1.